The number of alkyl halides is 3. The third-order valence-corrected chi connectivity index (χ3v) is 2.89. The molecule has 2 aromatic rings. The molecule has 110 valence electrons. The quantitative estimate of drug-likeness (QED) is 0.784. The van der Waals surface area contributed by atoms with Crippen molar-refractivity contribution in [2.75, 3.05) is 6.61 Å². The molecule has 0 saturated carbocycles. The van der Waals surface area contributed by atoms with Gasteiger partial charge < -0.3 is 4.74 Å². The van der Waals surface area contributed by atoms with E-state index in [1.54, 1.807) is 37.3 Å². The highest BCUT2D eigenvalue weighted by molar-refractivity contribution is 6.09. The molecule has 0 aliphatic rings. The zero-order chi connectivity index (χ0) is 15.5. The number of hydrogen-bond donors (Lipinski definition) is 0. The monoisotopic (exact) mass is 294 g/mol. The molecule has 0 atom stereocenters. The van der Waals surface area contributed by atoms with Crippen molar-refractivity contribution < 1.29 is 22.7 Å². The molecule has 5 heteroatoms. The van der Waals surface area contributed by atoms with Crippen LogP contribution in [0.15, 0.2) is 48.5 Å². The van der Waals surface area contributed by atoms with Gasteiger partial charge >= 0.3 is 6.18 Å². The van der Waals surface area contributed by atoms with Crippen molar-refractivity contribution in [2.24, 2.45) is 0 Å². The van der Waals surface area contributed by atoms with Gasteiger partial charge in [-0.05, 0) is 19.1 Å². The molecule has 0 heterocycles. The van der Waals surface area contributed by atoms with Crippen molar-refractivity contribution in [1.29, 1.82) is 0 Å². The van der Waals surface area contributed by atoms with Crippen molar-refractivity contribution in [3.63, 3.8) is 0 Å². The number of benzene rings is 2. The second-order valence-corrected chi connectivity index (χ2v) is 4.34. The Morgan fingerprint density at radius 2 is 1.71 bits per heavy atom. The lowest BCUT2D eigenvalue weighted by Gasteiger charge is -2.14. The Hall–Kier alpha value is -2.30. The SMILES string of the molecule is CCOc1cc(C(=O)c2ccccc2)ccc1C(F)(F)F. The van der Waals surface area contributed by atoms with Gasteiger partial charge in [-0.1, -0.05) is 36.4 Å². The summed E-state index contributed by atoms with van der Waals surface area (Å²) in [6, 6.07) is 11.6. The van der Waals surface area contributed by atoms with Crippen LogP contribution >= 0.6 is 0 Å². The van der Waals surface area contributed by atoms with Gasteiger partial charge in [0.25, 0.3) is 0 Å². The fourth-order valence-electron chi connectivity index (χ4n) is 1.93. The van der Waals surface area contributed by atoms with E-state index in [2.05, 4.69) is 0 Å². The van der Waals surface area contributed by atoms with Crippen LogP contribution in [0.2, 0.25) is 0 Å². The van der Waals surface area contributed by atoms with Crippen molar-refractivity contribution in [1.82, 2.24) is 0 Å². The van der Waals surface area contributed by atoms with Gasteiger partial charge in [0.2, 0.25) is 0 Å². The predicted octanol–water partition coefficient (Wildman–Crippen LogP) is 4.34. The van der Waals surface area contributed by atoms with Gasteiger partial charge in [-0.15, -0.1) is 0 Å². The first-order chi connectivity index (χ1) is 9.93. The number of carbonyl (C=O) groups is 1. The second-order valence-electron chi connectivity index (χ2n) is 4.34. The highest BCUT2D eigenvalue weighted by atomic mass is 19.4. The van der Waals surface area contributed by atoms with Gasteiger partial charge in [-0.25, -0.2) is 0 Å². The third-order valence-electron chi connectivity index (χ3n) is 2.89. The zero-order valence-corrected chi connectivity index (χ0v) is 11.3. The number of ether oxygens (including phenoxy) is 1. The summed E-state index contributed by atoms with van der Waals surface area (Å²) in [6.07, 6.45) is -4.52. The fourth-order valence-corrected chi connectivity index (χ4v) is 1.93. The lowest BCUT2D eigenvalue weighted by atomic mass is 10.0. The standard InChI is InChI=1S/C16H13F3O2/c1-2-21-14-10-12(8-9-13(14)16(17,18)19)15(20)11-6-4-3-5-7-11/h3-10H,2H2,1H3. The minimum Gasteiger partial charge on any atom is -0.493 e. The lowest BCUT2D eigenvalue weighted by Crippen LogP contribution is -2.10. The molecule has 0 aromatic heterocycles. The zero-order valence-electron chi connectivity index (χ0n) is 11.3. The van der Waals surface area contributed by atoms with E-state index in [-0.39, 0.29) is 23.7 Å². The molecular weight excluding hydrogens is 281 g/mol. The Morgan fingerprint density at radius 1 is 1.05 bits per heavy atom. The van der Waals surface area contributed by atoms with Crippen LogP contribution in [0.4, 0.5) is 13.2 Å². The second kappa shape index (κ2) is 5.99. The van der Waals surface area contributed by atoms with Crippen LogP contribution in [0.3, 0.4) is 0 Å². The van der Waals surface area contributed by atoms with Crippen LogP contribution in [-0.2, 0) is 6.18 Å². The van der Waals surface area contributed by atoms with Crippen LogP contribution in [0.25, 0.3) is 0 Å². The van der Waals surface area contributed by atoms with Crippen LogP contribution in [-0.4, -0.2) is 12.4 Å². The summed E-state index contributed by atoms with van der Waals surface area (Å²) in [4.78, 5) is 12.2. The summed E-state index contributed by atoms with van der Waals surface area (Å²) in [5, 5.41) is 0. The molecule has 0 amide bonds. The maximum absolute atomic E-state index is 12.9. The molecule has 2 nitrogen and oxygen atoms in total. The average molecular weight is 294 g/mol. The normalized spacial score (nSPS) is 11.2. The first kappa shape index (κ1) is 15.1. The molecule has 0 radical (unpaired) electrons. The number of carbonyl (C=O) groups excluding carboxylic acids is 1. The van der Waals surface area contributed by atoms with Crippen LogP contribution < -0.4 is 4.74 Å². The van der Waals surface area contributed by atoms with Gasteiger partial charge in [-0.2, -0.15) is 13.2 Å². The van der Waals surface area contributed by atoms with Crippen LogP contribution in [0.5, 0.6) is 5.75 Å². The van der Waals surface area contributed by atoms with Crippen molar-refractivity contribution in [2.45, 2.75) is 13.1 Å². The van der Waals surface area contributed by atoms with Gasteiger partial charge in [0.15, 0.2) is 5.78 Å². The molecule has 0 unspecified atom stereocenters. The molecule has 0 spiro atoms. The van der Waals surface area contributed by atoms with E-state index in [1.165, 1.54) is 6.07 Å². The molecule has 0 fully saturated rings. The molecule has 2 rings (SSSR count). The highest BCUT2D eigenvalue weighted by Crippen LogP contribution is 2.37. The third kappa shape index (κ3) is 3.42. The summed E-state index contributed by atoms with van der Waals surface area (Å²) >= 11 is 0. The Bertz CT molecular complexity index is 634. The van der Waals surface area contributed by atoms with Gasteiger partial charge in [0, 0.05) is 11.1 Å². The van der Waals surface area contributed by atoms with Crippen molar-refractivity contribution >= 4 is 5.78 Å². The molecule has 2 aromatic carbocycles. The van der Waals surface area contributed by atoms with Crippen molar-refractivity contribution in [3.8, 4) is 5.75 Å². The molecule has 0 N–H and O–H groups in total. The average Bonchev–Trinajstić information content (AvgIpc) is 2.46. The van der Waals surface area contributed by atoms with Gasteiger partial charge in [0.1, 0.15) is 5.75 Å². The largest absolute Gasteiger partial charge is 0.493 e. The summed E-state index contributed by atoms with van der Waals surface area (Å²) in [5.74, 6) is -0.669. The van der Waals surface area contributed by atoms with E-state index < -0.39 is 11.7 Å². The van der Waals surface area contributed by atoms with E-state index >= 15 is 0 Å². The van der Waals surface area contributed by atoms with Crippen LogP contribution in [0, 0.1) is 0 Å². The lowest BCUT2D eigenvalue weighted by molar-refractivity contribution is -0.138. The summed E-state index contributed by atoms with van der Waals surface area (Å²) in [5.41, 5.74) is -0.300. The van der Waals surface area contributed by atoms with E-state index in [0.29, 0.717) is 5.56 Å². The van der Waals surface area contributed by atoms with Crippen LogP contribution in [0.1, 0.15) is 28.4 Å². The first-order valence-electron chi connectivity index (χ1n) is 6.37. The highest BCUT2D eigenvalue weighted by Gasteiger charge is 2.34. The molecule has 0 saturated heterocycles. The number of ketones is 1. The summed E-state index contributed by atoms with van der Waals surface area (Å²) < 4.78 is 43.6. The minimum absolute atomic E-state index is 0.0893. The minimum atomic E-state index is -4.52. The van der Waals surface area contributed by atoms with Crippen molar-refractivity contribution in [3.05, 3.63) is 65.2 Å². The first-order valence-corrected chi connectivity index (χ1v) is 6.37. The number of rotatable bonds is 4. The Kier molecular flexibility index (Phi) is 4.31. The van der Waals surface area contributed by atoms with Gasteiger partial charge in [0.05, 0.1) is 12.2 Å². The van der Waals surface area contributed by atoms with E-state index in [1.807, 2.05) is 0 Å². The fraction of sp³-hybridized carbons (Fsp3) is 0.188. The number of hydrogen-bond acceptors (Lipinski definition) is 2. The topological polar surface area (TPSA) is 26.3 Å². The van der Waals surface area contributed by atoms with E-state index in [4.69, 9.17) is 4.74 Å². The summed E-state index contributed by atoms with van der Waals surface area (Å²) in [6.45, 7) is 1.68. The molecule has 0 aliphatic heterocycles. The predicted molar refractivity (Wildman–Crippen MR) is 72.5 cm³/mol. The molecular formula is C16H13F3O2. The molecule has 0 aliphatic carbocycles. The maximum atomic E-state index is 12.9. The van der Waals surface area contributed by atoms with E-state index in [0.717, 1.165) is 12.1 Å². The van der Waals surface area contributed by atoms with Gasteiger partial charge in [-0.3, -0.25) is 4.79 Å². The molecule has 21 heavy (non-hydrogen) atoms. The van der Waals surface area contributed by atoms with E-state index in [9.17, 15) is 18.0 Å². The number of halogens is 3. The Labute approximate surface area is 120 Å². The maximum Gasteiger partial charge on any atom is 0.419 e. The Morgan fingerprint density at radius 3 is 2.29 bits per heavy atom. The molecule has 0 bridgehead atoms. The smallest absolute Gasteiger partial charge is 0.419 e. The Balaban J connectivity index is 2.43. The summed E-state index contributed by atoms with van der Waals surface area (Å²) in [7, 11) is 0.